The molecule has 16 heavy (non-hydrogen) atoms. The van der Waals surface area contributed by atoms with Crippen LogP contribution in [0.15, 0.2) is 30.5 Å². The number of anilines is 1. The smallest absolute Gasteiger partial charge is 0.221 e. The van der Waals surface area contributed by atoms with Gasteiger partial charge in [-0.05, 0) is 17.7 Å². The molecule has 1 amide bonds. The Morgan fingerprint density at radius 2 is 1.75 bits per heavy atom. The largest absolute Gasteiger partial charge is 0.796 e. The van der Waals surface area contributed by atoms with E-state index in [0.29, 0.717) is 0 Å². The standard InChI is InChI=1S/C10H9N2O.CH4S.Y/c1-7(13)12-9-4-2-8(3-5-9)10-6-11-10;1-2;/h2-6H,1H3,(H,12,13);2H,1H3;/q-1;;/p-1. The number of rotatable bonds is 2. The first-order chi connectivity index (χ1) is 7.25. The summed E-state index contributed by atoms with van der Waals surface area (Å²) < 4.78 is 0. The number of amides is 1. The summed E-state index contributed by atoms with van der Waals surface area (Å²) in [4.78, 5) is 10.7. The van der Waals surface area contributed by atoms with Crippen LogP contribution in [0.4, 0.5) is 5.69 Å². The van der Waals surface area contributed by atoms with Crippen molar-refractivity contribution in [2.45, 2.75) is 6.92 Å². The molecule has 1 aliphatic heterocycles. The topological polar surface area (TPSA) is 43.2 Å². The monoisotopic (exact) mass is 309 g/mol. The van der Waals surface area contributed by atoms with Gasteiger partial charge in [0.25, 0.3) is 0 Å². The average molecular weight is 309 g/mol. The van der Waals surface area contributed by atoms with Gasteiger partial charge in [-0.15, -0.1) is 0 Å². The maximum atomic E-state index is 10.7. The second kappa shape index (κ2) is 7.88. The zero-order chi connectivity index (χ0) is 11.3. The molecule has 1 N–H and O–H groups in total. The zero-order valence-electron chi connectivity index (χ0n) is 9.23. The Kier molecular flexibility index (Phi) is 7.72. The summed E-state index contributed by atoms with van der Waals surface area (Å²) in [5.74, 6) is -0.0527. The van der Waals surface area contributed by atoms with Gasteiger partial charge in [0.05, 0.1) is 0 Å². The van der Waals surface area contributed by atoms with Crippen molar-refractivity contribution in [2.75, 3.05) is 11.6 Å². The van der Waals surface area contributed by atoms with E-state index in [1.807, 2.05) is 30.5 Å². The third kappa shape index (κ3) is 5.15. The fraction of sp³-hybridized carbons (Fsp3) is 0.182. The van der Waals surface area contributed by atoms with Gasteiger partial charge in [-0.3, -0.25) is 4.79 Å². The molecule has 5 heteroatoms. The van der Waals surface area contributed by atoms with Gasteiger partial charge in [0.2, 0.25) is 5.91 Å². The van der Waals surface area contributed by atoms with E-state index in [2.05, 4.69) is 23.3 Å². The van der Waals surface area contributed by atoms with Gasteiger partial charge in [0, 0.05) is 45.3 Å². The van der Waals surface area contributed by atoms with Crippen LogP contribution in [-0.4, -0.2) is 12.2 Å². The molecule has 0 spiro atoms. The van der Waals surface area contributed by atoms with Crippen molar-refractivity contribution in [1.82, 2.24) is 0 Å². The Labute approximate surface area is 126 Å². The minimum Gasteiger partial charge on any atom is -0.796 e. The predicted molar refractivity (Wildman–Crippen MR) is 65.4 cm³/mol. The summed E-state index contributed by atoms with van der Waals surface area (Å²) in [6.07, 6.45) is 3.40. The molecule has 1 heterocycles. The van der Waals surface area contributed by atoms with Crippen LogP contribution in [0.1, 0.15) is 12.5 Å². The first kappa shape index (κ1) is 15.7. The molecule has 2 rings (SSSR count). The number of hydrogen-bond acceptors (Lipinski definition) is 2. The molecule has 83 valence electrons. The predicted octanol–water partition coefficient (Wildman–Crippen LogP) is 2.49. The molecule has 1 aliphatic rings. The summed E-state index contributed by atoms with van der Waals surface area (Å²) in [6, 6.07) is 7.61. The van der Waals surface area contributed by atoms with Crippen LogP contribution in [-0.2, 0) is 50.1 Å². The van der Waals surface area contributed by atoms with Crippen molar-refractivity contribution in [2.24, 2.45) is 0 Å². The van der Waals surface area contributed by atoms with Gasteiger partial charge in [-0.2, -0.15) is 18.2 Å². The Balaban J connectivity index is 0.000000711. The van der Waals surface area contributed by atoms with Crippen LogP contribution in [0.25, 0.3) is 11.0 Å². The number of hydrogen-bond donors (Lipinski definition) is 1. The second-order valence-corrected chi connectivity index (χ2v) is 2.90. The maximum absolute atomic E-state index is 10.7. The van der Waals surface area contributed by atoms with E-state index in [0.717, 1.165) is 16.9 Å². The molecule has 1 radical (unpaired) electrons. The van der Waals surface area contributed by atoms with E-state index >= 15 is 0 Å². The summed E-state index contributed by atoms with van der Waals surface area (Å²) in [5.41, 5.74) is 2.93. The van der Waals surface area contributed by atoms with Crippen molar-refractivity contribution in [3.8, 4) is 0 Å². The van der Waals surface area contributed by atoms with Crippen LogP contribution < -0.4 is 5.32 Å². The van der Waals surface area contributed by atoms with Gasteiger partial charge in [0.15, 0.2) is 0 Å². The third-order valence-electron chi connectivity index (χ3n) is 1.76. The van der Waals surface area contributed by atoms with E-state index in [9.17, 15) is 4.79 Å². The minimum atomic E-state index is -0.0527. The summed E-state index contributed by atoms with van der Waals surface area (Å²) in [5, 5.41) is 6.67. The summed E-state index contributed by atoms with van der Waals surface area (Å²) >= 11 is 4.08. The minimum absolute atomic E-state index is 0. The van der Waals surface area contributed by atoms with Gasteiger partial charge in [0.1, 0.15) is 0 Å². The van der Waals surface area contributed by atoms with E-state index in [1.54, 1.807) is 6.26 Å². The van der Waals surface area contributed by atoms with E-state index < -0.39 is 0 Å². The number of benzene rings is 1. The van der Waals surface area contributed by atoms with Crippen molar-refractivity contribution >= 4 is 29.9 Å². The molecule has 1 aromatic rings. The van der Waals surface area contributed by atoms with Crippen LogP contribution in [0.2, 0.25) is 0 Å². The second-order valence-electron chi connectivity index (χ2n) is 2.90. The van der Waals surface area contributed by atoms with Crippen LogP contribution in [0.3, 0.4) is 0 Å². The van der Waals surface area contributed by atoms with Gasteiger partial charge in [-0.1, -0.05) is 12.1 Å². The van der Waals surface area contributed by atoms with Gasteiger partial charge < -0.3 is 23.3 Å². The summed E-state index contributed by atoms with van der Waals surface area (Å²) in [7, 11) is 0. The average Bonchev–Trinajstić information content (AvgIpc) is 3.05. The molecule has 0 aliphatic carbocycles. The fourth-order valence-corrected chi connectivity index (χ4v) is 1.11. The first-order valence-corrected chi connectivity index (χ1v) is 5.27. The van der Waals surface area contributed by atoms with Crippen molar-refractivity contribution in [3.05, 3.63) is 41.3 Å². The quantitative estimate of drug-likeness (QED) is 0.853. The van der Waals surface area contributed by atoms with E-state index in [-0.39, 0.29) is 38.6 Å². The van der Waals surface area contributed by atoms with Crippen molar-refractivity contribution in [1.29, 1.82) is 0 Å². The molecule has 0 fully saturated rings. The molecular formula is C11H12N2OSY-2. The fourth-order valence-electron chi connectivity index (χ4n) is 1.11. The number of carbonyl (C=O) groups excluding carboxylic acids is 1. The normalized spacial score (nSPS) is 10.8. The molecule has 0 aromatic heterocycles. The van der Waals surface area contributed by atoms with Gasteiger partial charge >= 0.3 is 0 Å². The zero-order valence-corrected chi connectivity index (χ0v) is 12.9. The molecule has 0 unspecified atom stereocenters. The van der Waals surface area contributed by atoms with Gasteiger partial charge in [-0.25, -0.2) is 0 Å². The van der Waals surface area contributed by atoms with E-state index in [4.69, 9.17) is 0 Å². The molecule has 0 saturated heterocycles. The van der Waals surface area contributed by atoms with Crippen LogP contribution >= 0.6 is 0 Å². The van der Waals surface area contributed by atoms with E-state index in [1.165, 1.54) is 6.92 Å². The summed E-state index contributed by atoms with van der Waals surface area (Å²) in [6.45, 7) is 1.49. The number of nitrogens with one attached hydrogen (secondary N) is 1. The van der Waals surface area contributed by atoms with Crippen molar-refractivity contribution in [3.63, 3.8) is 0 Å². The third-order valence-corrected chi connectivity index (χ3v) is 1.76. The number of nitrogens with zero attached hydrogens (tertiary/aromatic N) is 1. The Bertz CT molecular complexity index is 376. The Morgan fingerprint density at radius 1 is 1.25 bits per heavy atom. The molecule has 1 aromatic carbocycles. The van der Waals surface area contributed by atoms with Crippen molar-refractivity contribution < 1.29 is 37.5 Å². The van der Waals surface area contributed by atoms with Crippen LogP contribution in [0, 0.1) is 0 Å². The Hall–Kier alpha value is -0.316. The first-order valence-electron chi connectivity index (χ1n) is 4.45. The Morgan fingerprint density at radius 3 is 2.12 bits per heavy atom. The maximum Gasteiger partial charge on any atom is 0.221 e. The number of carbonyl (C=O) groups is 1. The SMILES string of the molecule is CC(=O)Nc1ccc(C2=C[N-]2)cc1.C[S-].[Y]. The molecule has 0 saturated carbocycles. The molecular weight excluding hydrogens is 297 g/mol. The van der Waals surface area contributed by atoms with Crippen LogP contribution in [0.5, 0.6) is 0 Å². The molecule has 0 atom stereocenters. The molecule has 0 bridgehead atoms. The molecule has 3 nitrogen and oxygen atoms in total.